The summed E-state index contributed by atoms with van der Waals surface area (Å²) in [5.74, 6) is 10.5. The monoisotopic (exact) mass is 328 g/mol. The number of hydrazone groups is 1. The Morgan fingerprint density at radius 3 is 2.29 bits per heavy atom. The van der Waals surface area contributed by atoms with Gasteiger partial charge in [0.05, 0.1) is 18.4 Å². The summed E-state index contributed by atoms with van der Waals surface area (Å²) in [4.78, 5) is 11.8. The van der Waals surface area contributed by atoms with Gasteiger partial charge in [0.25, 0.3) is 0 Å². The number of carbonyl (C=O) groups excluding carboxylic acids is 1. The van der Waals surface area contributed by atoms with Crippen LogP contribution < -0.4 is 16.7 Å². The Morgan fingerprint density at radius 2 is 1.75 bits per heavy atom. The standard InChI is InChI=1S/C16H18N4O2.C2H6/c1-11-3-5-12(6-4-11)13-7-14(16(21)22-2)9-15(8-13)20(18)10-19-17;1-2/h3-10H,17-18H2,1-2H3;1-2H3/b19-10-;. The maximum Gasteiger partial charge on any atom is 0.337 e. The Bertz CT molecular complexity index is 697. The molecule has 4 N–H and O–H groups in total. The number of nitrogens with two attached hydrogens (primary N) is 2. The van der Waals surface area contributed by atoms with Crippen molar-refractivity contribution in [3.63, 3.8) is 0 Å². The Balaban J connectivity index is 0.00000139. The van der Waals surface area contributed by atoms with Gasteiger partial charge in [-0.05, 0) is 36.2 Å². The quantitative estimate of drug-likeness (QED) is 0.296. The van der Waals surface area contributed by atoms with Crippen molar-refractivity contribution in [2.24, 2.45) is 16.8 Å². The van der Waals surface area contributed by atoms with Crippen LogP contribution in [0.15, 0.2) is 47.6 Å². The molecule has 0 fully saturated rings. The van der Waals surface area contributed by atoms with Gasteiger partial charge < -0.3 is 10.6 Å². The second-order valence-electron chi connectivity index (χ2n) is 4.80. The fourth-order valence-electron chi connectivity index (χ4n) is 2.05. The molecule has 0 saturated heterocycles. The number of anilines is 1. The van der Waals surface area contributed by atoms with Gasteiger partial charge in [0.15, 0.2) is 0 Å². The van der Waals surface area contributed by atoms with Gasteiger partial charge in [-0.2, -0.15) is 5.10 Å². The van der Waals surface area contributed by atoms with Crippen molar-refractivity contribution in [3.05, 3.63) is 53.6 Å². The van der Waals surface area contributed by atoms with Crippen LogP contribution in [-0.2, 0) is 4.74 Å². The molecule has 24 heavy (non-hydrogen) atoms. The van der Waals surface area contributed by atoms with E-state index in [9.17, 15) is 4.79 Å². The van der Waals surface area contributed by atoms with Crippen LogP contribution in [0.2, 0.25) is 0 Å². The van der Waals surface area contributed by atoms with Crippen LogP contribution >= 0.6 is 0 Å². The molecule has 0 aliphatic rings. The van der Waals surface area contributed by atoms with E-state index in [1.54, 1.807) is 12.1 Å². The zero-order valence-corrected chi connectivity index (χ0v) is 14.5. The highest BCUT2D eigenvalue weighted by Crippen LogP contribution is 2.26. The normalized spacial score (nSPS) is 10.0. The minimum absolute atomic E-state index is 0.399. The number of hydrogen-bond acceptors (Lipinski definition) is 5. The van der Waals surface area contributed by atoms with Gasteiger partial charge in [-0.3, -0.25) is 5.01 Å². The third-order valence-corrected chi connectivity index (χ3v) is 3.21. The highest BCUT2D eigenvalue weighted by atomic mass is 16.5. The maximum atomic E-state index is 11.8. The van der Waals surface area contributed by atoms with Gasteiger partial charge >= 0.3 is 5.97 Å². The number of rotatable bonds is 4. The van der Waals surface area contributed by atoms with Gasteiger partial charge in [-0.1, -0.05) is 43.7 Å². The molecule has 0 aliphatic heterocycles. The summed E-state index contributed by atoms with van der Waals surface area (Å²) in [5, 5.41) is 4.62. The summed E-state index contributed by atoms with van der Waals surface area (Å²) in [7, 11) is 1.34. The summed E-state index contributed by atoms with van der Waals surface area (Å²) in [6, 6.07) is 13.2. The predicted molar refractivity (Wildman–Crippen MR) is 98.6 cm³/mol. The Labute approximate surface area is 142 Å². The molecule has 0 aromatic heterocycles. The molecule has 0 aliphatic carbocycles. The lowest BCUT2D eigenvalue weighted by Gasteiger charge is -2.15. The van der Waals surface area contributed by atoms with Gasteiger partial charge in [0.2, 0.25) is 0 Å². The Hall–Kier alpha value is -2.86. The van der Waals surface area contributed by atoms with Gasteiger partial charge in [0, 0.05) is 0 Å². The van der Waals surface area contributed by atoms with E-state index in [0.717, 1.165) is 16.7 Å². The van der Waals surface area contributed by atoms with E-state index in [1.807, 2.05) is 51.1 Å². The highest BCUT2D eigenvalue weighted by molar-refractivity contribution is 5.94. The first-order valence-corrected chi connectivity index (χ1v) is 7.63. The summed E-state index contributed by atoms with van der Waals surface area (Å²) >= 11 is 0. The largest absolute Gasteiger partial charge is 0.465 e. The van der Waals surface area contributed by atoms with Crippen molar-refractivity contribution < 1.29 is 9.53 Å². The summed E-state index contributed by atoms with van der Waals surface area (Å²) in [6.45, 7) is 6.01. The molecule has 128 valence electrons. The molecule has 6 nitrogen and oxygen atoms in total. The second-order valence-corrected chi connectivity index (χ2v) is 4.80. The lowest BCUT2D eigenvalue weighted by molar-refractivity contribution is 0.0601. The number of hydrogen-bond donors (Lipinski definition) is 2. The predicted octanol–water partition coefficient (Wildman–Crippen LogP) is 3.06. The van der Waals surface area contributed by atoms with Crippen molar-refractivity contribution in [1.82, 2.24) is 0 Å². The van der Waals surface area contributed by atoms with Crippen LogP contribution in [0, 0.1) is 6.92 Å². The first kappa shape index (κ1) is 19.2. The topological polar surface area (TPSA) is 93.9 Å². The number of ether oxygens (including phenoxy) is 1. The van der Waals surface area contributed by atoms with E-state index >= 15 is 0 Å². The SMILES string of the molecule is CC.COC(=O)c1cc(-c2ccc(C)cc2)cc(N(N)/C=N\N)c1. The van der Waals surface area contributed by atoms with E-state index in [1.165, 1.54) is 18.5 Å². The third kappa shape index (κ3) is 4.82. The number of nitrogens with zero attached hydrogens (tertiary/aromatic N) is 2. The zero-order valence-electron chi connectivity index (χ0n) is 14.5. The van der Waals surface area contributed by atoms with Crippen LogP contribution in [0.4, 0.5) is 5.69 Å². The van der Waals surface area contributed by atoms with Crippen LogP contribution in [-0.4, -0.2) is 19.4 Å². The van der Waals surface area contributed by atoms with Crippen LogP contribution in [0.25, 0.3) is 11.1 Å². The lowest BCUT2D eigenvalue weighted by atomic mass is 10.0. The molecule has 0 atom stereocenters. The van der Waals surface area contributed by atoms with E-state index in [4.69, 9.17) is 16.4 Å². The first-order valence-electron chi connectivity index (χ1n) is 7.63. The number of carbonyl (C=O) groups is 1. The van der Waals surface area contributed by atoms with Gasteiger partial charge in [0.1, 0.15) is 6.34 Å². The minimum Gasteiger partial charge on any atom is -0.465 e. The number of methoxy groups -OCH3 is 1. The number of hydrazine groups is 1. The summed E-state index contributed by atoms with van der Waals surface area (Å²) in [6.07, 6.45) is 1.26. The van der Waals surface area contributed by atoms with Crippen LogP contribution in [0.5, 0.6) is 0 Å². The van der Waals surface area contributed by atoms with Crippen molar-refractivity contribution in [2.75, 3.05) is 12.1 Å². The molecule has 0 radical (unpaired) electrons. The molecular formula is C18H24N4O2. The molecular weight excluding hydrogens is 304 g/mol. The fourth-order valence-corrected chi connectivity index (χ4v) is 2.05. The summed E-state index contributed by atoms with van der Waals surface area (Å²) < 4.78 is 4.78. The molecule has 0 heterocycles. The van der Waals surface area contributed by atoms with Crippen molar-refractivity contribution in [3.8, 4) is 11.1 Å². The van der Waals surface area contributed by atoms with E-state index < -0.39 is 5.97 Å². The van der Waals surface area contributed by atoms with Crippen LogP contribution in [0.1, 0.15) is 29.8 Å². The Morgan fingerprint density at radius 1 is 1.12 bits per heavy atom. The van der Waals surface area contributed by atoms with Crippen molar-refractivity contribution in [1.29, 1.82) is 0 Å². The second kappa shape index (κ2) is 9.32. The van der Waals surface area contributed by atoms with Crippen LogP contribution in [0.3, 0.4) is 0 Å². The molecule has 2 rings (SSSR count). The third-order valence-electron chi connectivity index (χ3n) is 3.21. The molecule has 0 saturated carbocycles. The van der Waals surface area contributed by atoms with Gasteiger partial charge in [-0.15, -0.1) is 0 Å². The molecule has 0 bridgehead atoms. The average molecular weight is 328 g/mol. The molecule has 2 aromatic carbocycles. The Kier molecular flexibility index (Phi) is 7.45. The number of esters is 1. The average Bonchev–Trinajstić information content (AvgIpc) is 2.63. The first-order chi connectivity index (χ1) is 11.5. The smallest absolute Gasteiger partial charge is 0.337 e. The molecule has 0 spiro atoms. The zero-order chi connectivity index (χ0) is 18.1. The molecule has 0 amide bonds. The van der Waals surface area contributed by atoms with E-state index in [2.05, 4.69) is 5.10 Å². The maximum absolute atomic E-state index is 11.8. The lowest BCUT2D eigenvalue weighted by Crippen LogP contribution is -2.29. The van der Waals surface area contributed by atoms with E-state index in [-0.39, 0.29) is 0 Å². The van der Waals surface area contributed by atoms with Crippen molar-refractivity contribution >= 4 is 18.0 Å². The highest BCUT2D eigenvalue weighted by Gasteiger charge is 2.12. The molecule has 0 unspecified atom stereocenters. The van der Waals surface area contributed by atoms with Crippen molar-refractivity contribution in [2.45, 2.75) is 20.8 Å². The molecule has 2 aromatic rings. The number of aryl methyl sites for hydroxylation is 1. The number of benzene rings is 2. The van der Waals surface area contributed by atoms with E-state index in [0.29, 0.717) is 11.3 Å². The minimum atomic E-state index is -0.437. The van der Waals surface area contributed by atoms with Gasteiger partial charge in [-0.25, -0.2) is 10.6 Å². The molecule has 6 heteroatoms. The summed E-state index contributed by atoms with van der Waals surface area (Å²) in [5.41, 5.74) is 3.95. The fraction of sp³-hybridized carbons (Fsp3) is 0.222.